The number of likely N-dealkylation sites (N-methyl/N-ethyl adjacent to an activating group) is 2. The summed E-state index contributed by atoms with van der Waals surface area (Å²) >= 11 is 0. The van der Waals surface area contributed by atoms with Crippen molar-refractivity contribution in [2.45, 2.75) is 13.8 Å². The average Bonchev–Trinajstić information content (AvgIpc) is 2.41. The SMILES string of the molecule is CCN1CCN(CC)CC1.c1ccncc1. The molecule has 1 aliphatic heterocycles. The van der Waals surface area contributed by atoms with Gasteiger partial charge in [0.2, 0.25) is 0 Å². The zero-order chi connectivity index (χ0) is 11.6. The van der Waals surface area contributed by atoms with Crippen LogP contribution in [0, 0.1) is 0 Å². The van der Waals surface area contributed by atoms with E-state index in [0.717, 1.165) is 0 Å². The van der Waals surface area contributed by atoms with Crippen LogP contribution in [0.25, 0.3) is 0 Å². The number of hydrogen-bond donors (Lipinski definition) is 0. The molecule has 3 heteroatoms. The minimum Gasteiger partial charge on any atom is -0.301 e. The Kier molecular flexibility index (Phi) is 6.77. The molecule has 1 aromatic heterocycles. The minimum absolute atomic E-state index is 1.22. The minimum atomic E-state index is 1.22. The summed E-state index contributed by atoms with van der Waals surface area (Å²) in [6, 6.07) is 5.72. The lowest BCUT2D eigenvalue weighted by Gasteiger charge is -2.33. The molecule has 1 aromatic rings. The Labute approximate surface area is 99.1 Å². The molecule has 0 N–H and O–H groups in total. The van der Waals surface area contributed by atoms with Gasteiger partial charge in [0.1, 0.15) is 0 Å². The van der Waals surface area contributed by atoms with Gasteiger partial charge in [0.05, 0.1) is 0 Å². The van der Waals surface area contributed by atoms with E-state index in [2.05, 4.69) is 28.6 Å². The Bertz CT molecular complexity index is 204. The number of piperazine rings is 1. The molecule has 0 radical (unpaired) electrons. The lowest BCUT2D eigenvalue weighted by molar-refractivity contribution is 0.142. The molecular weight excluding hydrogens is 198 g/mol. The molecule has 0 aromatic carbocycles. The summed E-state index contributed by atoms with van der Waals surface area (Å²) < 4.78 is 0. The van der Waals surface area contributed by atoms with Crippen molar-refractivity contribution < 1.29 is 0 Å². The summed E-state index contributed by atoms with van der Waals surface area (Å²) in [5.41, 5.74) is 0. The summed E-state index contributed by atoms with van der Waals surface area (Å²) in [5, 5.41) is 0. The topological polar surface area (TPSA) is 19.4 Å². The van der Waals surface area contributed by atoms with Crippen molar-refractivity contribution in [3.63, 3.8) is 0 Å². The van der Waals surface area contributed by atoms with E-state index in [4.69, 9.17) is 0 Å². The van der Waals surface area contributed by atoms with Crippen LogP contribution in [0.5, 0.6) is 0 Å². The second-order valence-electron chi connectivity index (χ2n) is 3.89. The maximum Gasteiger partial charge on any atom is 0.0267 e. The molecule has 0 atom stereocenters. The molecule has 1 saturated heterocycles. The third-order valence-electron chi connectivity index (χ3n) is 2.93. The van der Waals surface area contributed by atoms with E-state index in [9.17, 15) is 0 Å². The van der Waals surface area contributed by atoms with Crippen molar-refractivity contribution in [1.82, 2.24) is 14.8 Å². The zero-order valence-corrected chi connectivity index (χ0v) is 10.5. The van der Waals surface area contributed by atoms with E-state index in [0.29, 0.717) is 0 Å². The summed E-state index contributed by atoms with van der Waals surface area (Å²) in [5.74, 6) is 0. The molecule has 0 spiro atoms. The Morgan fingerprint density at radius 3 is 1.44 bits per heavy atom. The van der Waals surface area contributed by atoms with E-state index in [1.807, 2.05) is 18.2 Å². The lowest BCUT2D eigenvalue weighted by atomic mass is 10.3. The van der Waals surface area contributed by atoms with Gasteiger partial charge < -0.3 is 9.80 Å². The van der Waals surface area contributed by atoms with Crippen molar-refractivity contribution in [2.24, 2.45) is 0 Å². The number of hydrogen-bond acceptors (Lipinski definition) is 3. The maximum absolute atomic E-state index is 3.78. The van der Waals surface area contributed by atoms with Crippen LogP contribution in [0.4, 0.5) is 0 Å². The molecule has 90 valence electrons. The third-order valence-corrected chi connectivity index (χ3v) is 2.93. The van der Waals surface area contributed by atoms with Gasteiger partial charge in [0.25, 0.3) is 0 Å². The van der Waals surface area contributed by atoms with Gasteiger partial charge in [-0.15, -0.1) is 0 Å². The van der Waals surface area contributed by atoms with Gasteiger partial charge in [0.15, 0.2) is 0 Å². The van der Waals surface area contributed by atoms with Gasteiger partial charge in [-0.25, -0.2) is 0 Å². The number of aromatic nitrogens is 1. The second-order valence-corrected chi connectivity index (χ2v) is 3.89. The molecule has 0 unspecified atom stereocenters. The van der Waals surface area contributed by atoms with Crippen LogP contribution in [0.3, 0.4) is 0 Å². The third kappa shape index (κ3) is 5.24. The number of rotatable bonds is 2. The molecule has 2 heterocycles. The molecule has 2 rings (SSSR count). The maximum atomic E-state index is 3.78. The van der Waals surface area contributed by atoms with E-state index in [-0.39, 0.29) is 0 Å². The Balaban J connectivity index is 0.000000181. The second kappa shape index (κ2) is 8.25. The highest BCUT2D eigenvalue weighted by atomic mass is 15.2. The van der Waals surface area contributed by atoms with Crippen molar-refractivity contribution in [2.75, 3.05) is 39.3 Å². The van der Waals surface area contributed by atoms with Crippen LogP contribution >= 0.6 is 0 Å². The summed E-state index contributed by atoms with van der Waals surface area (Å²) in [4.78, 5) is 8.80. The summed E-state index contributed by atoms with van der Waals surface area (Å²) in [7, 11) is 0. The quantitative estimate of drug-likeness (QED) is 0.758. The first kappa shape index (κ1) is 13.1. The highest BCUT2D eigenvalue weighted by molar-refractivity contribution is 4.88. The molecule has 0 bridgehead atoms. The zero-order valence-electron chi connectivity index (χ0n) is 10.5. The van der Waals surface area contributed by atoms with Gasteiger partial charge in [0, 0.05) is 38.6 Å². The molecule has 0 aliphatic carbocycles. The Hall–Kier alpha value is -0.930. The molecule has 0 saturated carbocycles. The van der Waals surface area contributed by atoms with Gasteiger partial charge in [-0.1, -0.05) is 19.9 Å². The van der Waals surface area contributed by atoms with Crippen molar-refractivity contribution in [1.29, 1.82) is 0 Å². The smallest absolute Gasteiger partial charge is 0.0267 e. The molecule has 3 nitrogen and oxygen atoms in total. The van der Waals surface area contributed by atoms with Crippen LogP contribution in [0.1, 0.15) is 13.8 Å². The highest BCUT2D eigenvalue weighted by Crippen LogP contribution is 1.99. The van der Waals surface area contributed by atoms with Crippen LogP contribution in [0.2, 0.25) is 0 Å². The first-order valence-electron chi connectivity index (χ1n) is 6.16. The number of pyridine rings is 1. The monoisotopic (exact) mass is 221 g/mol. The predicted octanol–water partition coefficient (Wildman–Crippen LogP) is 1.73. The fourth-order valence-electron chi connectivity index (χ4n) is 1.73. The molecular formula is C13H23N3. The van der Waals surface area contributed by atoms with Crippen LogP contribution in [0.15, 0.2) is 30.6 Å². The van der Waals surface area contributed by atoms with Gasteiger partial charge in [-0.3, -0.25) is 4.98 Å². The molecule has 0 amide bonds. The van der Waals surface area contributed by atoms with Crippen molar-refractivity contribution in [3.05, 3.63) is 30.6 Å². The van der Waals surface area contributed by atoms with Crippen molar-refractivity contribution in [3.8, 4) is 0 Å². The van der Waals surface area contributed by atoms with Gasteiger partial charge >= 0.3 is 0 Å². The highest BCUT2D eigenvalue weighted by Gasteiger charge is 2.12. The average molecular weight is 221 g/mol. The van der Waals surface area contributed by atoms with Gasteiger partial charge in [-0.2, -0.15) is 0 Å². The summed E-state index contributed by atoms with van der Waals surface area (Å²) in [6.45, 7) is 12.0. The fourth-order valence-corrected chi connectivity index (χ4v) is 1.73. The lowest BCUT2D eigenvalue weighted by Crippen LogP contribution is -2.45. The first-order chi connectivity index (χ1) is 7.86. The molecule has 1 aliphatic rings. The van der Waals surface area contributed by atoms with E-state index < -0.39 is 0 Å². The molecule has 16 heavy (non-hydrogen) atoms. The van der Waals surface area contributed by atoms with Crippen LogP contribution < -0.4 is 0 Å². The summed E-state index contributed by atoms with van der Waals surface area (Å²) in [6.07, 6.45) is 3.50. The molecule has 1 fully saturated rings. The largest absolute Gasteiger partial charge is 0.301 e. The number of nitrogens with zero attached hydrogens (tertiary/aromatic N) is 3. The van der Waals surface area contributed by atoms with E-state index in [1.54, 1.807) is 12.4 Å². The Morgan fingerprint density at radius 2 is 1.25 bits per heavy atom. The van der Waals surface area contributed by atoms with E-state index >= 15 is 0 Å². The van der Waals surface area contributed by atoms with Crippen LogP contribution in [-0.2, 0) is 0 Å². The first-order valence-corrected chi connectivity index (χ1v) is 6.16. The fraction of sp³-hybridized carbons (Fsp3) is 0.615. The van der Waals surface area contributed by atoms with Crippen LogP contribution in [-0.4, -0.2) is 54.1 Å². The standard InChI is InChI=1S/C8H18N2.C5H5N/c1-3-9-5-7-10(4-2)8-6-9;1-2-4-6-5-3-1/h3-8H2,1-2H3;1-5H. The Morgan fingerprint density at radius 1 is 0.812 bits per heavy atom. The van der Waals surface area contributed by atoms with E-state index in [1.165, 1.54) is 39.3 Å². The van der Waals surface area contributed by atoms with Gasteiger partial charge in [-0.05, 0) is 25.2 Å². The normalized spacial score (nSPS) is 17.6. The van der Waals surface area contributed by atoms with Crippen molar-refractivity contribution >= 4 is 0 Å². The predicted molar refractivity (Wildman–Crippen MR) is 68.5 cm³/mol.